The molecular formula is C20H23ClN4O2. The number of benzene rings is 1. The van der Waals surface area contributed by atoms with Crippen molar-refractivity contribution in [2.24, 2.45) is 11.8 Å². The second-order valence-electron chi connectivity index (χ2n) is 7.26. The fourth-order valence-corrected chi connectivity index (χ4v) is 3.84. The maximum atomic E-state index is 13.1. The lowest BCUT2D eigenvalue weighted by atomic mass is 9.91. The summed E-state index contributed by atoms with van der Waals surface area (Å²) < 4.78 is 0. The number of para-hydroxylation sites is 1. The van der Waals surface area contributed by atoms with Crippen LogP contribution in [0.3, 0.4) is 0 Å². The van der Waals surface area contributed by atoms with Crippen LogP contribution in [0.15, 0.2) is 36.4 Å². The van der Waals surface area contributed by atoms with Gasteiger partial charge in [0.1, 0.15) is 11.0 Å². The molecule has 2 aromatic rings. The fraction of sp³-hybridized carbons (Fsp3) is 0.350. The van der Waals surface area contributed by atoms with E-state index in [2.05, 4.69) is 24.1 Å². The Balaban J connectivity index is 1.83. The van der Waals surface area contributed by atoms with Gasteiger partial charge in [-0.2, -0.15) is 0 Å². The summed E-state index contributed by atoms with van der Waals surface area (Å²) in [7, 11) is 0. The Labute approximate surface area is 163 Å². The molecular weight excluding hydrogens is 364 g/mol. The topological polar surface area (TPSA) is 88.3 Å². The van der Waals surface area contributed by atoms with E-state index in [1.54, 1.807) is 24.3 Å². The van der Waals surface area contributed by atoms with Gasteiger partial charge < -0.3 is 16.0 Å². The van der Waals surface area contributed by atoms with Gasteiger partial charge in [0.15, 0.2) is 0 Å². The van der Waals surface area contributed by atoms with Crippen molar-refractivity contribution in [2.45, 2.75) is 20.3 Å². The minimum absolute atomic E-state index is 0.0726. The summed E-state index contributed by atoms with van der Waals surface area (Å²) in [5, 5.41) is 2.93. The van der Waals surface area contributed by atoms with Crippen LogP contribution >= 0.6 is 11.6 Å². The monoisotopic (exact) mass is 386 g/mol. The number of carbonyl (C=O) groups is 2. The van der Waals surface area contributed by atoms with Gasteiger partial charge >= 0.3 is 0 Å². The largest absolute Gasteiger partial charge is 0.384 e. The molecule has 142 valence electrons. The highest BCUT2D eigenvalue weighted by Crippen LogP contribution is 2.25. The predicted molar refractivity (Wildman–Crippen MR) is 107 cm³/mol. The zero-order valence-electron chi connectivity index (χ0n) is 15.4. The quantitative estimate of drug-likeness (QED) is 0.787. The first-order valence-electron chi connectivity index (χ1n) is 8.96. The molecule has 1 aromatic carbocycles. The number of pyridine rings is 1. The van der Waals surface area contributed by atoms with E-state index in [0.717, 1.165) is 19.5 Å². The number of hydrogen-bond acceptors (Lipinski definition) is 4. The summed E-state index contributed by atoms with van der Waals surface area (Å²) in [5.74, 6) is 0.610. The molecule has 1 aliphatic rings. The molecule has 3 rings (SSSR count). The van der Waals surface area contributed by atoms with Crippen LogP contribution < -0.4 is 11.1 Å². The summed E-state index contributed by atoms with van der Waals surface area (Å²) in [6, 6.07) is 9.90. The Morgan fingerprint density at radius 3 is 2.52 bits per heavy atom. The number of halogens is 1. The molecule has 2 amide bonds. The van der Waals surface area contributed by atoms with Crippen LogP contribution in [0.1, 0.15) is 41.0 Å². The second-order valence-corrected chi connectivity index (χ2v) is 7.65. The van der Waals surface area contributed by atoms with E-state index in [-0.39, 0.29) is 22.4 Å². The van der Waals surface area contributed by atoms with Gasteiger partial charge in [0.2, 0.25) is 0 Å². The first-order chi connectivity index (χ1) is 12.8. The SMILES string of the molecule is CC1CC(C)CN(C(=O)c2ccccc2NC(=O)c2cc(N)nc(Cl)c2)C1. The number of nitrogens with one attached hydrogen (secondary N) is 1. The summed E-state index contributed by atoms with van der Waals surface area (Å²) in [6.07, 6.45) is 1.12. The number of nitrogens with zero attached hydrogens (tertiary/aromatic N) is 2. The molecule has 2 atom stereocenters. The molecule has 27 heavy (non-hydrogen) atoms. The molecule has 0 spiro atoms. The van der Waals surface area contributed by atoms with Crippen molar-refractivity contribution in [3.8, 4) is 0 Å². The molecule has 0 aliphatic carbocycles. The molecule has 1 aliphatic heterocycles. The highest BCUT2D eigenvalue weighted by atomic mass is 35.5. The molecule has 1 fully saturated rings. The average Bonchev–Trinajstić information content (AvgIpc) is 2.60. The molecule has 2 unspecified atom stereocenters. The second kappa shape index (κ2) is 7.96. The first-order valence-corrected chi connectivity index (χ1v) is 9.34. The number of piperidine rings is 1. The van der Waals surface area contributed by atoms with E-state index in [9.17, 15) is 9.59 Å². The number of hydrogen-bond donors (Lipinski definition) is 2. The van der Waals surface area contributed by atoms with Gasteiger partial charge in [-0.3, -0.25) is 9.59 Å². The zero-order valence-corrected chi connectivity index (χ0v) is 16.2. The number of rotatable bonds is 3. The molecule has 1 saturated heterocycles. The summed E-state index contributed by atoms with van der Waals surface area (Å²) in [6.45, 7) is 5.76. The van der Waals surface area contributed by atoms with Crippen molar-refractivity contribution in [1.29, 1.82) is 0 Å². The fourth-order valence-electron chi connectivity index (χ4n) is 3.62. The van der Waals surface area contributed by atoms with Crippen molar-refractivity contribution in [2.75, 3.05) is 24.1 Å². The lowest BCUT2D eigenvalue weighted by molar-refractivity contribution is 0.0624. The van der Waals surface area contributed by atoms with E-state index in [1.807, 2.05) is 4.90 Å². The maximum Gasteiger partial charge on any atom is 0.255 e. The van der Waals surface area contributed by atoms with Gasteiger partial charge in [0.05, 0.1) is 11.3 Å². The van der Waals surface area contributed by atoms with Crippen LogP contribution in [0.4, 0.5) is 11.5 Å². The van der Waals surface area contributed by atoms with E-state index in [0.29, 0.717) is 23.1 Å². The lowest BCUT2D eigenvalue weighted by Crippen LogP contribution is -2.42. The summed E-state index contributed by atoms with van der Waals surface area (Å²) >= 11 is 5.88. The van der Waals surface area contributed by atoms with E-state index in [1.165, 1.54) is 12.1 Å². The number of nitrogens with two attached hydrogens (primary N) is 1. The number of anilines is 2. The lowest BCUT2D eigenvalue weighted by Gasteiger charge is -2.35. The van der Waals surface area contributed by atoms with Crippen molar-refractivity contribution in [3.05, 3.63) is 52.7 Å². The molecule has 7 heteroatoms. The van der Waals surface area contributed by atoms with Crippen molar-refractivity contribution < 1.29 is 9.59 Å². The Kier molecular flexibility index (Phi) is 5.65. The van der Waals surface area contributed by atoms with E-state index >= 15 is 0 Å². The molecule has 1 aromatic heterocycles. The maximum absolute atomic E-state index is 13.1. The third kappa shape index (κ3) is 4.57. The highest BCUT2D eigenvalue weighted by Gasteiger charge is 2.27. The van der Waals surface area contributed by atoms with Crippen molar-refractivity contribution in [3.63, 3.8) is 0 Å². The molecule has 0 radical (unpaired) electrons. The number of nitrogen functional groups attached to an aromatic ring is 1. The molecule has 0 saturated carbocycles. The molecule has 3 N–H and O–H groups in total. The number of aromatic nitrogens is 1. The first kappa shape index (κ1) is 19.2. The average molecular weight is 387 g/mol. The van der Waals surface area contributed by atoms with Crippen LogP contribution in [0.5, 0.6) is 0 Å². The smallest absolute Gasteiger partial charge is 0.255 e. The normalized spacial score (nSPS) is 19.6. The molecule has 0 bridgehead atoms. The van der Waals surface area contributed by atoms with Crippen LogP contribution in [-0.2, 0) is 0 Å². The predicted octanol–water partition coefficient (Wildman–Crippen LogP) is 3.69. The number of amides is 2. The Morgan fingerprint density at radius 2 is 1.85 bits per heavy atom. The Morgan fingerprint density at radius 1 is 1.19 bits per heavy atom. The Hall–Kier alpha value is -2.60. The third-order valence-corrected chi connectivity index (χ3v) is 4.83. The third-order valence-electron chi connectivity index (χ3n) is 4.64. The highest BCUT2D eigenvalue weighted by molar-refractivity contribution is 6.30. The molecule has 6 nitrogen and oxygen atoms in total. The summed E-state index contributed by atoms with van der Waals surface area (Å²) in [5.41, 5.74) is 6.88. The van der Waals surface area contributed by atoms with Gasteiger partial charge in [-0.05, 0) is 42.5 Å². The minimum atomic E-state index is -0.397. The molecule has 2 heterocycles. The standard InChI is InChI=1S/C20H23ClN4O2/c1-12-7-13(2)11-25(10-12)20(27)15-5-3-4-6-16(15)23-19(26)14-8-17(21)24-18(22)9-14/h3-6,8-9,12-13H,7,10-11H2,1-2H3,(H2,22,24)(H,23,26). The van der Waals surface area contributed by atoms with Gasteiger partial charge in [-0.1, -0.05) is 37.6 Å². The van der Waals surface area contributed by atoms with Crippen molar-refractivity contribution in [1.82, 2.24) is 9.88 Å². The Bertz CT molecular complexity index is 841. The van der Waals surface area contributed by atoms with Crippen LogP contribution in [0.2, 0.25) is 5.15 Å². The van der Waals surface area contributed by atoms with Gasteiger partial charge in [-0.25, -0.2) is 4.98 Å². The van der Waals surface area contributed by atoms with Crippen LogP contribution in [0, 0.1) is 11.8 Å². The minimum Gasteiger partial charge on any atom is -0.384 e. The number of likely N-dealkylation sites (tertiary alicyclic amines) is 1. The van der Waals surface area contributed by atoms with Crippen LogP contribution in [-0.4, -0.2) is 34.8 Å². The van der Waals surface area contributed by atoms with Gasteiger partial charge in [0.25, 0.3) is 11.8 Å². The number of carbonyl (C=O) groups excluding carboxylic acids is 2. The van der Waals surface area contributed by atoms with Crippen molar-refractivity contribution >= 4 is 34.9 Å². The summed E-state index contributed by atoms with van der Waals surface area (Å²) in [4.78, 5) is 31.4. The van der Waals surface area contributed by atoms with Gasteiger partial charge in [0, 0.05) is 18.7 Å². The van der Waals surface area contributed by atoms with Crippen LogP contribution in [0.25, 0.3) is 0 Å². The van der Waals surface area contributed by atoms with E-state index in [4.69, 9.17) is 17.3 Å². The zero-order chi connectivity index (χ0) is 19.6. The van der Waals surface area contributed by atoms with Gasteiger partial charge in [-0.15, -0.1) is 0 Å². The van der Waals surface area contributed by atoms with E-state index < -0.39 is 5.91 Å².